The molecule has 1 spiro atoms. The SMILES string of the molecule is C=CC(=O)N1CCC(N(C)c2nc(OCC3CC4(CC4)CN3C)nc3c(F)c(-c4ccc(F)c5sc(N)c(C#N)c45)c(C(F)(F)F)cc23)C1C. The van der Waals surface area contributed by atoms with E-state index in [4.69, 9.17) is 10.5 Å². The number of rotatable bonds is 7. The summed E-state index contributed by atoms with van der Waals surface area (Å²) in [6.45, 7) is 6.87. The van der Waals surface area contributed by atoms with Crippen LogP contribution >= 0.6 is 11.3 Å². The molecule has 3 atom stereocenters. The zero-order valence-electron chi connectivity index (χ0n) is 27.6. The zero-order valence-corrected chi connectivity index (χ0v) is 28.4. The molecule has 2 saturated heterocycles. The van der Waals surface area contributed by atoms with Crippen LogP contribution in [0.2, 0.25) is 0 Å². The number of benzene rings is 2. The van der Waals surface area contributed by atoms with E-state index in [1.807, 2.05) is 20.0 Å². The summed E-state index contributed by atoms with van der Waals surface area (Å²) in [6.07, 6.45) is -0.246. The number of amides is 1. The number of nitrogen functional groups attached to an aromatic ring is 1. The minimum atomic E-state index is -5.09. The lowest BCUT2D eigenvalue weighted by atomic mass is 9.92. The lowest BCUT2D eigenvalue weighted by molar-refractivity contribution is -0.137. The number of thiophene rings is 1. The number of aromatic nitrogens is 2. The predicted molar refractivity (Wildman–Crippen MR) is 181 cm³/mol. The molecule has 4 heterocycles. The Hall–Kier alpha value is -4.55. The van der Waals surface area contributed by atoms with Gasteiger partial charge >= 0.3 is 12.2 Å². The molecule has 0 bridgehead atoms. The highest BCUT2D eigenvalue weighted by Gasteiger charge is 2.51. The molecule has 9 nitrogen and oxygen atoms in total. The van der Waals surface area contributed by atoms with Crippen LogP contribution in [-0.2, 0) is 11.0 Å². The van der Waals surface area contributed by atoms with Gasteiger partial charge in [-0.05, 0) is 68.8 Å². The van der Waals surface area contributed by atoms with Crippen molar-refractivity contribution in [2.24, 2.45) is 5.41 Å². The molecule has 50 heavy (non-hydrogen) atoms. The Bertz CT molecular complexity index is 2110. The molecule has 2 aliphatic heterocycles. The van der Waals surface area contributed by atoms with Crippen molar-refractivity contribution >= 4 is 49.1 Å². The van der Waals surface area contributed by atoms with Crippen LogP contribution < -0.4 is 15.4 Å². The van der Waals surface area contributed by atoms with Crippen molar-refractivity contribution < 1.29 is 31.5 Å². The number of nitrogens with two attached hydrogens (primary N) is 1. The first-order chi connectivity index (χ1) is 23.7. The lowest BCUT2D eigenvalue weighted by Gasteiger charge is -2.32. The maximum Gasteiger partial charge on any atom is 0.417 e. The molecule has 1 saturated carbocycles. The summed E-state index contributed by atoms with van der Waals surface area (Å²) in [7, 11) is 3.63. The highest BCUT2D eigenvalue weighted by Crippen LogP contribution is 2.54. The molecule has 4 aromatic rings. The van der Waals surface area contributed by atoms with E-state index in [0.29, 0.717) is 24.3 Å². The summed E-state index contributed by atoms with van der Waals surface area (Å²) < 4.78 is 82.9. The first-order valence-corrected chi connectivity index (χ1v) is 17.0. The van der Waals surface area contributed by atoms with Crippen LogP contribution in [0, 0.1) is 28.4 Å². The number of anilines is 2. The fourth-order valence-electron chi connectivity index (χ4n) is 7.82. The van der Waals surface area contributed by atoms with Gasteiger partial charge in [0.2, 0.25) is 5.91 Å². The molecule has 3 aliphatic rings. The van der Waals surface area contributed by atoms with Crippen molar-refractivity contribution in [1.82, 2.24) is 19.8 Å². The predicted octanol–water partition coefficient (Wildman–Crippen LogP) is 6.74. The van der Waals surface area contributed by atoms with Crippen molar-refractivity contribution in [1.29, 1.82) is 5.26 Å². The zero-order chi connectivity index (χ0) is 35.9. The fraction of sp³-hybridized carbons (Fsp3) is 0.429. The number of halogens is 5. The third-order valence-electron chi connectivity index (χ3n) is 10.6. The number of likely N-dealkylation sites (N-methyl/N-ethyl adjacent to an activating group) is 2. The number of hydrogen-bond acceptors (Lipinski definition) is 9. The van der Waals surface area contributed by atoms with Gasteiger partial charge in [-0.25, -0.2) is 8.78 Å². The number of hydrogen-bond donors (Lipinski definition) is 1. The van der Waals surface area contributed by atoms with Crippen molar-refractivity contribution in [2.45, 2.75) is 56.9 Å². The number of carbonyl (C=O) groups excluding carboxylic acids is 1. The van der Waals surface area contributed by atoms with Gasteiger partial charge in [-0.3, -0.25) is 9.69 Å². The van der Waals surface area contributed by atoms with Gasteiger partial charge in [0, 0.05) is 48.6 Å². The maximum absolute atomic E-state index is 17.1. The number of fused-ring (bicyclic) bond motifs is 2. The quantitative estimate of drug-likeness (QED) is 0.166. The van der Waals surface area contributed by atoms with Crippen molar-refractivity contribution in [2.75, 3.05) is 44.4 Å². The summed E-state index contributed by atoms with van der Waals surface area (Å²) in [5.41, 5.74) is 2.94. The van der Waals surface area contributed by atoms with Crippen LogP contribution in [0.3, 0.4) is 0 Å². The standard InChI is InChI=1S/C35H34F5N7O2S/c1-5-25(48)47-11-8-24(17(47)2)46(4)32-20-12-22(35(38,39)40)27(19-6-7-23(36)30-26(19)21(14-41)31(42)50-30)28(37)29(20)43-33(44-32)49-15-18-13-34(9-10-34)16-45(18)3/h5-7,12,17-18,24H,1,8-11,13,15-16,42H2,2-4H3. The number of nitriles is 1. The molecular weight excluding hydrogens is 677 g/mol. The molecule has 1 aliphatic carbocycles. The number of carbonyl (C=O) groups is 1. The van der Waals surface area contributed by atoms with Crippen LogP contribution in [0.15, 0.2) is 30.9 Å². The maximum atomic E-state index is 17.1. The van der Waals surface area contributed by atoms with E-state index in [0.717, 1.165) is 44.0 Å². The van der Waals surface area contributed by atoms with E-state index in [-0.39, 0.29) is 73.4 Å². The molecule has 2 N–H and O–H groups in total. The van der Waals surface area contributed by atoms with Gasteiger partial charge in [0.05, 0.1) is 21.9 Å². The second-order valence-corrected chi connectivity index (χ2v) is 14.7. The number of alkyl halides is 3. The molecule has 3 fully saturated rings. The lowest BCUT2D eigenvalue weighted by Crippen LogP contribution is -2.43. The normalized spacial score (nSPS) is 21.7. The Labute approximate surface area is 288 Å². The van der Waals surface area contributed by atoms with Crippen LogP contribution in [0.4, 0.5) is 32.8 Å². The number of likely N-dealkylation sites (tertiary alicyclic amines) is 2. The van der Waals surface area contributed by atoms with Gasteiger partial charge in [-0.2, -0.15) is 28.4 Å². The summed E-state index contributed by atoms with van der Waals surface area (Å²) in [5, 5.41) is 9.28. The fourth-order valence-corrected chi connectivity index (χ4v) is 8.77. The van der Waals surface area contributed by atoms with Crippen molar-refractivity contribution in [3.05, 3.63) is 53.6 Å². The minimum Gasteiger partial charge on any atom is -0.462 e. The molecule has 3 unspecified atom stereocenters. The topological polar surface area (TPSA) is 112 Å². The van der Waals surface area contributed by atoms with E-state index in [9.17, 15) is 27.6 Å². The summed E-state index contributed by atoms with van der Waals surface area (Å²) in [5.74, 6) is -2.44. The van der Waals surface area contributed by atoms with Crippen LogP contribution in [0.25, 0.3) is 32.1 Å². The molecule has 7 rings (SSSR count). The number of nitrogens with zero attached hydrogens (tertiary/aromatic N) is 6. The van der Waals surface area contributed by atoms with Gasteiger partial charge in [0.15, 0.2) is 5.82 Å². The Morgan fingerprint density at radius 3 is 2.68 bits per heavy atom. The Morgan fingerprint density at radius 1 is 1.30 bits per heavy atom. The second kappa shape index (κ2) is 12.1. The third kappa shape index (κ3) is 5.49. The highest BCUT2D eigenvalue weighted by molar-refractivity contribution is 7.23. The van der Waals surface area contributed by atoms with E-state index >= 15 is 4.39 Å². The van der Waals surface area contributed by atoms with Crippen LogP contribution in [0.5, 0.6) is 6.01 Å². The first-order valence-electron chi connectivity index (χ1n) is 16.2. The first kappa shape index (κ1) is 33.9. The highest BCUT2D eigenvalue weighted by atomic mass is 32.1. The summed E-state index contributed by atoms with van der Waals surface area (Å²) in [4.78, 5) is 26.9. The molecule has 1 amide bonds. The van der Waals surface area contributed by atoms with E-state index in [2.05, 4.69) is 21.4 Å². The molecule has 262 valence electrons. The number of ether oxygens (including phenoxy) is 1. The molecular formula is C35H34F5N7O2S. The smallest absolute Gasteiger partial charge is 0.417 e. The average Bonchev–Trinajstić information content (AvgIpc) is 3.39. The van der Waals surface area contributed by atoms with Crippen molar-refractivity contribution in [3.8, 4) is 23.2 Å². The van der Waals surface area contributed by atoms with Gasteiger partial charge < -0.3 is 20.3 Å². The van der Waals surface area contributed by atoms with Crippen LogP contribution in [0.1, 0.15) is 43.7 Å². The van der Waals surface area contributed by atoms with Gasteiger partial charge in [-0.15, -0.1) is 11.3 Å². The second-order valence-electron chi connectivity index (χ2n) is 13.6. The monoisotopic (exact) mass is 711 g/mol. The molecule has 15 heteroatoms. The Morgan fingerprint density at radius 2 is 2.04 bits per heavy atom. The average molecular weight is 712 g/mol. The van der Waals surface area contributed by atoms with E-state index in [1.165, 1.54) is 6.08 Å². The Balaban J connectivity index is 1.43. The largest absolute Gasteiger partial charge is 0.462 e. The van der Waals surface area contributed by atoms with Crippen LogP contribution in [-0.4, -0.2) is 77.6 Å². The molecule has 2 aromatic carbocycles. The summed E-state index contributed by atoms with van der Waals surface area (Å²) >= 11 is 0.698. The van der Waals surface area contributed by atoms with Gasteiger partial charge in [-0.1, -0.05) is 12.6 Å². The summed E-state index contributed by atoms with van der Waals surface area (Å²) in [6, 6.07) is 3.60. The minimum absolute atomic E-state index is 0.00844. The van der Waals surface area contributed by atoms with E-state index < -0.39 is 40.5 Å². The van der Waals surface area contributed by atoms with Gasteiger partial charge in [0.1, 0.15) is 34.8 Å². The molecule has 2 aromatic heterocycles. The Kier molecular flexibility index (Phi) is 8.18. The van der Waals surface area contributed by atoms with Crippen molar-refractivity contribution in [3.63, 3.8) is 0 Å². The third-order valence-corrected chi connectivity index (χ3v) is 11.7. The van der Waals surface area contributed by atoms with Gasteiger partial charge in [0.25, 0.3) is 0 Å². The van der Waals surface area contributed by atoms with E-state index in [1.54, 1.807) is 16.8 Å². The molecule has 0 radical (unpaired) electrons.